The van der Waals surface area contributed by atoms with Gasteiger partial charge in [-0.05, 0) is 48.6 Å². The summed E-state index contributed by atoms with van der Waals surface area (Å²) in [5.74, 6) is 0. The van der Waals surface area contributed by atoms with Gasteiger partial charge in [0.25, 0.3) is 0 Å². The van der Waals surface area contributed by atoms with E-state index < -0.39 is 0 Å². The fourth-order valence-electron chi connectivity index (χ4n) is 3.20. The predicted molar refractivity (Wildman–Crippen MR) is 112 cm³/mol. The third kappa shape index (κ3) is 5.32. The molecule has 0 saturated carbocycles. The molecule has 0 aliphatic rings. The minimum Gasteiger partial charge on any atom is -0.366 e. The fraction of sp³-hybridized carbons (Fsp3) is 0.348. The molecule has 0 spiro atoms. The summed E-state index contributed by atoms with van der Waals surface area (Å²) in [4.78, 5) is 6.80. The Kier molecular flexibility index (Phi) is 7.46. The van der Waals surface area contributed by atoms with Crippen molar-refractivity contribution in [2.24, 2.45) is 4.99 Å². The van der Waals surface area contributed by atoms with Crippen molar-refractivity contribution < 1.29 is 0 Å². The highest BCUT2D eigenvalue weighted by atomic mass is 15.1. The van der Waals surface area contributed by atoms with Crippen molar-refractivity contribution in [2.45, 2.75) is 40.0 Å². The quantitative estimate of drug-likeness (QED) is 0.504. The molecule has 0 unspecified atom stereocenters. The van der Waals surface area contributed by atoms with Gasteiger partial charge in [0.15, 0.2) is 0 Å². The molecule has 2 rings (SSSR count). The number of aliphatic imine (C=N–C) groups is 1. The summed E-state index contributed by atoms with van der Waals surface area (Å²) in [6.07, 6.45) is 4.98. The van der Waals surface area contributed by atoms with Crippen LogP contribution in [0.2, 0.25) is 0 Å². The average Bonchev–Trinajstić information content (AvgIpc) is 2.63. The number of anilines is 1. The van der Waals surface area contributed by atoms with Gasteiger partial charge < -0.3 is 4.90 Å². The molecule has 0 fully saturated rings. The molecule has 0 atom stereocenters. The second-order valence-corrected chi connectivity index (χ2v) is 6.43. The lowest BCUT2D eigenvalue weighted by atomic mass is 9.98. The summed E-state index contributed by atoms with van der Waals surface area (Å²) in [6, 6.07) is 17.5. The van der Waals surface area contributed by atoms with E-state index in [4.69, 9.17) is 0 Å². The maximum atomic E-state index is 4.35. The highest BCUT2D eigenvalue weighted by Crippen LogP contribution is 2.29. The molecule has 0 bridgehead atoms. The van der Waals surface area contributed by atoms with Gasteiger partial charge in [0.2, 0.25) is 0 Å². The molecule has 0 radical (unpaired) electrons. The molecule has 25 heavy (non-hydrogen) atoms. The molecule has 2 aromatic carbocycles. The van der Waals surface area contributed by atoms with Gasteiger partial charge in [-0.15, -0.1) is 0 Å². The van der Waals surface area contributed by atoms with Crippen LogP contribution < -0.4 is 4.90 Å². The van der Waals surface area contributed by atoms with Crippen LogP contribution in [0.5, 0.6) is 0 Å². The lowest BCUT2D eigenvalue weighted by molar-refractivity contribution is 0.812. The summed E-state index contributed by atoms with van der Waals surface area (Å²) < 4.78 is 0. The monoisotopic (exact) mass is 334 g/mol. The molecule has 0 aromatic heterocycles. The zero-order valence-electron chi connectivity index (χ0n) is 15.8. The highest BCUT2D eigenvalue weighted by Gasteiger charge is 2.13. The van der Waals surface area contributed by atoms with E-state index in [2.05, 4.69) is 85.8 Å². The van der Waals surface area contributed by atoms with E-state index in [1.807, 2.05) is 0 Å². The fourth-order valence-corrected chi connectivity index (χ4v) is 3.20. The Bertz CT molecular complexity index is 701. The third-order valence-electron chi connectivity index (χ3n) is 4.27. The second kappa shape index (κ2) is 9.83. The highest BCUT2D eigenvalue weighted by molar-refractivity contribution is 5.87. The van der Waals surface area contributed by atoms with Crippen molar-refractivity contribution in [3.63, 3.8) is 0 Å². The second-order valence-electron chi connectivity index (χ2n) is 6.43. The maximum Gasteiger partial charge on any atom is 0.0559 e. The van der Waals surface area contributed by atoms with Crippen LogP contribution in [0.3, 0.4) is 0 Å². The van der Waals surface area contributed by atoms with Crippen LogP contribution in [0.4, 0.5) is 5.69 Å². The van der Waals surface area contributed by atoms with E-state index in [0.717, 1.165) is 38.1 Å². The molecule has 0 amide bonds. The first kappa shape index (κ1) is 19.0. The standard InChI is InChI=1S/C23H30N2/c1-5-11-22-17-21(20-12-9-8-10-13-20)14-15-23(22)25(16-6-2)18-19(4)24-7-3/h7-10,12-15,17H,3,5-6,11,16,18H2,1-2,4H3. The average molecular weight is 335 g/mol. The molecule has 2 heteroatoms. The Balaban J connectivity index is 2.39. The summed E-state index contributed by atoms with van der Waals surface area (Å²) in [5.41, 5.74) is 6.42. The smallest absolute Gasteiger partial charge is 0.0559 e. The Morgan fingerprint density at radius 2 is 1.80 bits per heavy atom. The van der Waals surface area contributed by atoms with E-state index >= 15 is 0 Å². The molecular weight excluding hydrogens is 304 g/mol. The first-order chi connectivity index (χ1) is 12.2. The summed E-state index contributed by atoms with van der Waals surface area (Å²) in [6.45, 7) is 12.1. The van der Waals surface area contributed by atoms with E-state index in [1.165, 1.54) is 22.4 Å². The van der Waals surface area contributed by atoms with Crippen LogP contribution in [0.25, 0.3) is 11.1 Å². The van der Waals surface area contributed by atoms with Crippen molar-refractivity contribution in [2.75, 3.05) is 18.0 Å². The van der Waals surface area contributed by atoms with Gasteiger partial charge in [-0.2, -0.15) is 0 Å². The van der Waals surface area contributed by atoms with Gasteiger partial charge in [-0.1, -0.05) is 63.2 Å². The Hall–Kier alpha value is -2.35. The van der Waals surface area contributed by atoms with Crippen LogP contribution in [-0.4, -0.2) is 18.8 Å². The summed E-state index contributed by atoms with van der Waals surface area (Å²) in [7, 11) is 0. The SMILES string of the molecule is C=CN=C(C)CN(CCC)c1ccc(-c2ccccc2)cc1CCC. The van der Waals surface area contributed by atoms with Crippen LogP contribution >= 0.6 is 0 Å². The molecule has 0 saturated heterocycles. The molecular formula is C23H30N2. The van der Waals surface area contributed by atoms with Gasteiger partial charge in [0.05, 0.1) is 6.54 Å². The number of aryl methyl sites for hydroxylation is 1. The topological polar surface area (TPSA) is 15.6 Å². The molecule has 132 valence electrons. The Morgan fingerprint density at radius 1 is 1.04 bits per heavy atom. The largest absolute Gasteiger partial charge is 0.366 e. The van der Waals surface area contributed by atoms with Gasteiger partial charge in [0, 0.05) is 24.1 Å². The number of benzene rings is 2. The first-order valence-electron chi connectivity index (χ1n) is 9.27. The molecule has 2 nitrogen and oxygen atoms in total. The molecule has 0 N–H and O–H groups in total. The molecule has 0 aliphatic heterocycles. The van der Waals surface area contributed by atoms with Crippen molar-refractivity contribution in [3.05, 3.63) is 66.9 Å². The normalized spacial score (nSPS) is 11.4. The van der Waals surface area contributed by atoms with E-state index in [1.54, 1.807) is 6.20 Å². The van der Waals surface area contributed by atoms with Gasteiger partial charge in [0.1, 0.15) is 0 Å². The molecule has 2 aromatic rings. The van der Waals surface area contributed by atoms with Crippen molar-refractivity contribution in [1.82, 2.24) is 0 Å². The Labute approximate surface area is 152 Å². The van der Waals surface area contributed by atoms with Crippen molar-refractivity contribution >= 4 is 11.4 Å². The molecule has 0 heterocycles. The van der Waals surface area contributed by atoms with Crippen molar-refractivity contribution in [3.8, 4) is 11.1 Å². The number of hydrogen-bond acceptors (Lipinski definition) is 2. The summed E-state index contributed by atoms with van der Waals surface area (Å²) >= 11 is 0. The zero-order valence-corrected chi connectivity index (χ0v) is 15.8. The number of rotatable bonds is 9. The lowest BCUT2D eigenvalue weighted by Crippen LogP contribution is -2.30. The number of nitrogens with zero attached hydrogens (tertiary/aromatic N) is 2. The predicted octanol–water partition coefficient (Wildman–Crippen LogP) is 6.13. The minimum atomic E-state index is 0.848. The van der Waals surface area contributed by atoms with Gasteiger partial charge in [-0.25, -0.2) is 0 Å². The number of hydrogen-bond donors (Lipinski definition) is 0. The van der Waals surface area contributed by atoms with Gasteiger partial charge >= 0.3 is 0 Å². The maximum absolute atomic E-state index is 4.35. The van der Waals surface area contributed by atoms with E-state index in [9.17, 15) is 0 Å². The third-order valence-corrected chi connectivity index (χ3v) is 4.27. The minimum absolute atomic E-state index is 0.848. The van der Waals surface area contributed by atoms with Crippen molar-refractivity contribution in [1.29, 1.82) is 0 Å². The van der Waals surface area contributed by atoms with Crippen LogP contribution in [0.15, 0.2) is 66.3 Å². The van der Waals surface area contributed by atoms with Crippen LogP contribution in [0.1, 0.15) is 39.2 Å². The Morgan fingerprint density at radius 3 is 2.44 bits per heavy atom. The zero-order chi connectivity index (χ0) is 18.1. The van der Waals surface area contributed by atoms with Crippen LogP contribution in [0, 0.1) is 0 Å². The summed E-state index contributed by atoms with van der Waals surface area (Å²) in [5, 5.41) is 0. The molecule has 0 aliphatic carbocycles. The van der Waals surface area contributed by atoms with Crippen LogP contribution in [-0.2, 0) is 6.42 Å². The lowest BCUT2D eigenvalue weighted by Gasteiger charge is -2.27. The first-order valence-corrected chi connectivity index (χ1v) is 9.27. The van der Waals surface area contributed by atoms with E-state index in [0.29, 0.717) is 0 Å². The van der Waals surface area contributed by atoms with E-state index in [-0.39, 0.29) is 0 Å². The van der Waals surface area contributed by atoms with Gasteiger partial charge in [-0.3, -0.25) is 4.99 Å².